The highest BCUT2D eigenvalue weighted by Crippen LogP contribution is 2.29. The first kappa shape index (κ1) is 17.4. The Hall–Kier alpha value is -3.00. The number of ether oxygens (including phenoxy) is 1. The molecule has 3 heterocycles. The van der Waals surface area contributed by atoms with Crippen molar-refractivity contribution in [2.45, 2.75) is 20.8 Å². The van der Waals surface area contributed by atoms with Gasteiger partial charge in [-0.1, -0.05) is 12.1 Å². The van der Waals surface area contributed by atoms with Crippen LogP contribution in [0.3, 0.4) is 0 Å². The second-order valence-electron chi connectivity index (χ2n) is 6.15. The van der Waals surface area contributed by atoms with Crippen molar-refractivity contribution in [3.05, 3.63) is 50.7 Å². The summed E-state index contributed by atoms with van der Waals surface area (Å²) in [4.78, 5) is 22.2. The highest BCUT2D eigenvalue weighted by Gasteiger charge is 2.20. The number of benzene rings is 1. The summed E-state index contributed by atoms with van der Waals surface area (Å²) in [6.07, 6.45) is 0. The summed E-state index contributed by atoms with van der Waals surface area (Å²) in [6, 6.07) is 7.59. The number of aromatic nitrogens is 5. The van der Waals surface area contributed by atoms with Gasteiger partial charge in [-0.25, -0.2) is 14.6 Å². The first-order chi connectivity index (χ1) is 13.0. The van der Waals surface area contributed by atoms with Crippen LogP contribution in [0.15, 0.2) is 34.4 Å². The Balaban J connectivity index is 1.99. The molecule has 0 amide bonds. The Morgan fingerprint density at radius 1 is 1.15 bits per heavy atom. The van der Waals surface area contributed by atoms with Crippen LogP contribution in [0.25, 0.3) is 28.2 Å². The standard InChI is InChI=1S/C19H19N5O2S/c1-5-26-14-9-7-6-8-13(14)18-21-16-11(2)24(15-10-27-12(3)20-15)22-17(16)19(25)23(18)4/h6-10H,5H2,1-4H3. The minimum Gasteiger partial charge on any atom is -0.493 e. The molecule has 0 N–H and O–H groups in total. The molecule has 4 aromatic rings. The van der Waals surface area contributed by atoms with Crippen molar-refractivity contribution in [1.82, 2.24) is 24.3 Å². The van der Waals surface area contributed by atoms with E-state index in [0.717, 1.165) is 16.3 Å². The van der Waals surface area contributed by atoms with Crippen LogP contribution in [0, 0.1) is 13.8 Å². The van der Waals surface area contributed by atoms with Crippen molar-refractivity contribution < 1.29 is 4.74 Å². The van der Waals surface area contributed by atoms with Gasteiger partial charge in [-0.05, 0) is 32.9 Å². The summed E-state index contributed by atoms with van der Waals surface area (Å²) in [6.45, 7) is 6.30. The zero-order valence-electron chi connectivity index (χ0n) is 15.6. The largest absolute Gasteiger partial charge is 0.493 e. The summed E-state index contributed by atoms with van der Waals surface area (Å²) in [5.74, 6) is 1.95. The molecule has 0 fully saturated rings. The molecule has 0 bridgehead atoms. The second-order valence-corrected chi connectivity index (χ2v) is 7.21. The van der Waals surface area contributed by atoms with Gasteiger partial charge in [-0.15, -0.1) is 11.3 Å². The molecule has 0 saturated heterocycles. The lowest BCUT2D eigenvalue weighted by molar-refractivity contribution is 0.341. The topological polar surface area (TPSA) is 74.8 Å². The minimum atomic E-state index is -0.199. The fraction of sp³-hybridized carbons (Fsp3) is 0.263. The second kappa shape index (κ2) is 6.62. The normalized spacial score (nSPS) is 11.3. The van der Waals surface area contributed by atoms with Gasteiger partial charge in [0.05, 0.1) is 22.9 Å². The summed E-state index contributed by atoms with van der Waals surface area (Å²) in [5.41, 5.74) is 2.26. The smallest absolute Gasteiger partial charge is 0.281 e. The maximum atomic E-state index is 13.0. The Morgan fingerprint density at radius 3 is 2.63 bits per heavy atom. The quantitative estimate of drug-likeness (QED) is 0.542. The molecular formula is C19H19N5O2S. The summed E-state index contributed by atoms with van der Waals surface area (Å²) < 4.78 is 8.92. The monoisotopic (exact) mass is 381 g/mol. The van der Waals surface area contributed by atoms with Crippen molar-refractivity contribution in [3.63, 3.8) is 0 Å². The van der Waals surface area contributed by atoms with Crippen LogP contribution in [-0.4, -0.2) is 30.9 Å². The van der Waals surface area contributed by atoms with Gasteiger partial charge in [0.2, 0.25) is 0 Å². The van der Waals surface area contributed by atoms with Gasteiger partial charge < -0.3 is 4.74 Å². The van der Waals surface area contributed by atoms with E-state index in [2.05, 4.69) is 10.1 Å². The SMILES string of the molecule is CCOc1ccccc1-c1nc2c(C)n(-c3csc(C)n3)nc2c(=O)n1C. The third-order valence-corrected chi connectivity index (χ3v) is 5.14. The number of nitrogens with zero attached hydrogens (tertiary/aromatic N) is 5. The van der Waals surface area contributed by atoms with Crippen molar-refractivity contribution >= 4 is 22.4 Å². The zero-order chi connectivity index (χ0) is 19.1. The third-order valence-electron chi connectivity index (χ3n) is 4.38. The van der Waals surface area contributed by atoms with Gasteiger partial charge in [0.25, 0.3) is 5.56 Å². The van der Waals surface area contributed by atoms with Crippen molar-refractivity contribution in [2.75, 3.05) is 6.61 Å². The van der Waals surface area contributed by atoms with E-state index in [9.17, 15) is 4.79 Å². The highest BCUT2D eigenvalue weighted by atomic mass is 32.1. The van der Waals surface area contributed by atoms with Gasteiger partial charge in [0.1, 0.15) is 17.1 Å². The molecule has 3 aromatic heterocycles. The molecule has 0 unspecified atom stereocenters. The molecular weight excluding hydrogens is 362 g/mol. The molecule has 0 saturated carbocycles. The molecule has 138 valence electrons. The number of hydrogen-bond acceptors (Lipinski definition) is 6. The molecule has 0 aliphatic carbocycles. The molecule has 1 aromatic carbocycles. The lowest BCUT2D eigenvalue weighted by Crippen LogP contribution is -2.20. The first-order valence-corrected chi connectivity index (χ1v) is 9.50. The van der Waals surface area contributed by atoms with E-state index in [0.29, 0.717) is 35.0 Å². The van der Waals surface area contributed by atoms with Gasteiger partial charge in [0, 0.05) is 12.4 Å². The van der Waals surface area contributed by atoms with Crippen LogP contribution in [0.5, 0.6) is 5.75 Å². The van der Waals surface area contributed by atoms with E-state index in [1.54, 1.807) is 23.1 Å². The van der Waals surface area contributed by atoms with Crippen LogP contribution in [0.1, 0.15) is 17.6 Å². The number of rotatable bonds is 4. The molecule has 0 aliphatic heterocycles. The van der Waals surface area contributed by atoms with Gasteiger partial charge in [-0.3, -0.25) is 9.36 Å². The minimum absolute atomic E-state index is 0.199. The van der Waals surface area contributed by atoms with Gasteiger partial charge >= 0.3 is 0 Å². The maximum Gasteiger partial charge on any atom is 0.281 e. The molecule has 0 atom stereocenters. The number of thiazole rings is 1. The van der Waals surface area contributed by atoms with Crippen LogP contribution < -0.4 is 10.3 Å². The number of fused-ring (bicyclic) bond motifs is 1. The van der Waals surface area contributed by atoms with Crippen LogP contribution in [-0.2, 0) is 7.05 Å². The maximum absolute atomic E-state index is 13.0. The molecule has 27 heavy (non-hydrogen) atoms. The van der Waals surface area contributed by atoms with E-state index >= 15 is 0 Å². The number of aryl methyl sites for hydroxylation is 2. The van der Waals surface area contributed by atoms with Gasteiger partial charge in [-0.2, -0.15) is 5.10 Å². The Labute approximate surface area is 159 Å². The Kier molecular flexibility index (Phi) is 4.27. The molecule has 0 spiro atoms. The average Bonchev–Trinajstić information content (AvgIpc) is 3.23. The highest BCUT2D eigenvalue weighted by molar-refractivity contribution is 7.09. The van der Waals surface area contributed by atoms with Crippen molar-refractivity contribution in [1.29, 1.82) is 0 Å². The Morgan fingerprint density at radius 2 is 1.93 bits per heavy atom. The van der Waals surface area contributed by atoms with E-state index in [1.165, 1.54) is 4.57 Å². The van der Waals surface area contributed by atoms with Crippen LogP contribution in [0.2, 0.25) is 0 Å². The number of hydrogen-bond donors (Lipinski definition) is 0. The summed E-state index contributed by atoms with van der Waals surface area (Å²) in [7, 11) is 1.70. The van der Waals surface area contributed by atoms with Crippen LogP contribution >= 0.6 is 11.3 Å². The van der Waals surface area contributed by atoms with Crippen molar-refractivity contribution in [3.8, 4) is 23.0 Å². The average molecular weight is 381 g/mol. The van der Waals surface area contributed by atoms with Crippen LogP contribution in [0.4, 0.5) is 0 Å². The fourth-order valence-corrected chi connectivity index (χ4v) is 3.63. The van der Waals surface area contributed by atoms with E-state index in [1.807, 2.05) is 50.4 Å². The van der Waals surface area contributed by atoms with Gasteiger partial charge in [0.15, 0.2) is 11.3 Å². The lowest BCUT2D eigenvalue weighted by Gasteiger charge is -2.12. The molecule has 4 rings (SSSR count). The zero-order valence-corrected chi connectivity index (χ0v) is 16.4. The molecule has 0 aliphatic rings. The summed E-state index contributed by atoms with van der Waals surface area (Å²) in [5, 5.41) is 7.34. The predicted octanol–water partition coefficient (Wildman–Crippen LogP) is 3.26. The first-order valence-electron chi connectivity index (χ1n) is 8.62. The van der Waals surface area contributed by atoms with E-state index in [4.69, 9.17) is 9.72 Å². The lowest BCUT2D eigenvalue weighted by atomic mass is 10.1. The predicted molar refractivity (Wildman–Crippen MR) is 106 cm³/mol. The third kappa shape index (κ3) is 2.82. The number of para-hydroxylation sites is 1. The molecule has 7 nitrogen and oxygen atoms in total. The van der Waals surface area contributed by atoms with Crippen molar-refractivity contribution in [2.24, 2.45) is 7.05 Å². The Bertz CT molecular complexity index is 1200. The fourth-order valence-electron chi connectivity index (χ4n) is 3.05. The van der Waals surface area contributed by atoms with E-state index < -0.39 is 0 Å². The molecule has 0 radical (unpaired) electrons. The summed E-state index contributed by atoms with van der Waals surface area (Å²) >= 11 is 1.54. The molecule has 8 heteroatoms. The van der Waals surface area contributed by atoms with E-state index in [-0.39, 0.29) is 5.56 Å².